The maximum Gasteiger partial charge on any atom is 0.254 e. The molecule has 0 fully saturated rings. The van der Waals surface area contributed by atoms with Gasteiger partial charge in [0.25, 0.3) is 5.56 Å². The average molecular weight is 520 g/mol. The number of aromatic nitrogens is 2. The number of rotatable bonds is 14. The molecule has 0 aliphatic rings. The van der Waals surface area contributed by atoms with Crippen molar-refractivity contribution >= 4 is 23.4 Å². The van der Waals surface area contributed by atoms with E-state index in [0.29, 0.717) is 29.7 Å². The fourth-order valence-electron chi connectivity index (χ4n) is 4.26. The molecule has 1 unspecified atom stereocenters. The Labute approximate surface area is 226 Å². The molecule has 5 nitrogen and oxygen atoms in total. The molecule has 3 rings (SSSR count). The second-order valence-corrected chi connectivity index (χ2v) is 11.0. The molecule has 1 atom stereocenters. The van der Waals surface area contributed by atoms with E-state index in [4.69, 9.17) is 4.98 Å². The van der Waals surface area contributed by atoms with Crippen LogP contribution in [0.4, 0.5) is 5.69 Å². The molecular weight excluding hydrogens is 478 g/mol. The van der Waals surface area contributed by atoms with Gasteiger partial charge in [0.2, 0.25) is 5.91 Å². The number of anilines is 1. The Kier molecular flexibility index (Phi) is 11.5. The minimum atomic E-state index is -0.192. The normalized spacial score (nSPS) is 11.9. The molecule has 1 amide bonds. The maximum atomic E-state index is 13.7. The Bertz CT molecular complexity index is 1180. The van der Waals surface area contributed by atoms with E-state index < -0.39 is 0 Å². The van der Waals surface area contributed by atoms with Crippen LogP contribution in [0.1, 0.15) is 72.0 Å². The van der Waals surface area contributed by atoms with Gasteiger partial charge in [0.05, 0.1) is 5.69 Å². The number of nitrogens with zero attached hydrogens (tertiary/aromatic N) is 3. The molecule has 0 spiro atoms. The van der Waals surface area contributed by atoms with Crippen LogP contribution in [0.3, 0.4) is 0 Å². The monoisotopic (exact) mass is 519 g/mol. The van der Waals surface area contributed by atoms with Crippen molar-refractivity contribution < 1.29 is 4.79 Å². The van der Waals surface area contributed by atoms with Gasteiger partial charge in [-0.2, -0.15) is 0 Å². The summed E-state index contributed by atoms with van der Waals surface area (Å²) in [6.45, 7) is 9.23. The van der Waals surface area contributed by atoms with Gasteiger partial charge < -0.3 is 4.90 Å². The van der Waals surface area contributed by atoms with E-state index in [9.17, 15) is 9.59 Å². The summed E-state index contributed by atoms with van der Waals surface area (Å²) < 4.78 is 1.53. The number of hydrogen-bond donors (Lipinski definition) is 0. The molecule has 198 valence electrons. The number of thioether (sulfide) groups is 1. The van der Waals surface area contributed by atoms with Crippen LogP contribution in [0.5, 0.6) is 0 Å². The number of carbonyl (C=O) groups is 1. The Morgan fingerprint density at radius 1 is 0.973 bits per heavy atom. The van der Waals surface area contributed by atoms with Gasteiger partial charge in [-0.1, -0.05) is 83.7 Å². The first-order valence-electron chi connectivity index (χ1n) is 13.7. The molecule has 0 N–H and O–H groups in total. The second kappa shape index (κ2) is 14.8. The number of hydrogen-bond acceptors (Lipinski definition) is 4. The molecule has 0 radical (unpaired) electrons. The highest BCUT2D eigenvalue weighted by molar-refractivity contribution is 7.99. The fourth-order valence-corrected chi connectivity index (χ4v) is 5.19. The molecule has 0 saturated heterocycles. The molecule has 2 aromatic carbocycles. The summed E-state index contributed by atoms with van der Waals surface area (Å²) >= 11 is 1.85. The predicted octanol–water partition coefficient (Wildman–Crippen LogP) is 7.37. The van der Waals surface area contributed by atoms with Crippen LogP contribution in [0.15, 0.2) is 70.4 Å². The third-order valence-electron chi connectivity index (χ3n) is 6.61. The zero-order valence-electron chi connectivity index (χ0n) is 22.8. The Balaban J connectivity index is 1.84. The van der Waals surface area contributed by atoms with Gasteiger partial charge in [-0.25, -0.2) is 4.98 Å². The lowest BCUT2D eigenvalue weighted by Crippen LogP contribution is -2.38. The third kappa shape index (κ3) is 8.32. The van der Waals surface area contributed by atoms with Crippen LogP contribution in [0.2, 0.25) is 0 Å². The molecule has 1 heterocycles. The first-order chi connectivity index (χ1) is 18.0. The van der Waals surface area contributed by atoms with E-state index in [-0.39, 0.29) is 18.0 Å². The standard InChI is InChI=1S/C31H41N3O2S/c1-5-8-9-10-14-21-33(26-17-19-27(20-18-26)37-24(4)6-2)31(36)23-34-29(7-3)32-28(22-30(34)35)25-15-12-11-13-16-25/h11-13,15-20,22,24H,5-10,14,21,23H2,1-4H3. The van der Waals surface area contributed by atoms with Crippen LogP contribution in [-0.2, 0) is 17.8 Å². The van der Waals surface area contributed by atoms with E-state index in [0.717, 1.165) is 30.5 Å². The summed E-state index contributed by atoms with van der Waals surface area (Å²) in [5, 5.41) is 0.549. The lowest BCUT2D eigenvalue weighted by molar-refractivity contribution is -0.119. The maximum absolute atomic E-state index is 13.7. The van der Waals surface area contributed by atoms with Crippen LogP contribution in [-0.4, -0.2) is 27.3 Å². The van der Waals surface area contributed by atoms with Crippen molar-refractivity contribution in [3.63, 3.8) is 0 Å². The van der Waals surface area contributed by atoms with E-state index in [2.05, 4.69) is 32.9 Å². The van der Waals surface area contributed by atoms with Gasteiger partial charge in [0, 0.05) is 40.4 Å². The van der Waals surface area contributed by atoms with Crippen molar-refractivity contribution in [3.8, 4) is 11.3 Å². The van der Waals surface area contributed by atoms with Crippen LogP contribution >= 0.6 is 11.8 Å². The summed E-state index contributed by atoms with van der Waals surface area (Å²) in [6.07, 6.45) is 7.29. The van der Waals surface area contributed by atoms with Crippen LogP contribution in [0.25, 0.3) is 11.3 Å². The third-order valence-corrected chi connectivity index (χ3v) is 7.89. The quantitative estimate of drug-likeness (QED) is 0.165. The topological polar surface area (TPSA) is 55.2 Å². The summed E-state index contributed by atoms with van der Waals surface area (Å²) in [4.78, 5) is 34.6. The summed E-state index contributed by atoms with van der Waals surface area (Å²) in [5.41, 5.74) is 2.24. The van der Waals surface area contributed by atoms with E-state index in [1.165, 1.54) is 34.8 Å². The summed E-state index contributed by atoms with van der Waals surface area (Å²) in [6, 6.07) is 19.5. The molecule has 3 aromatic rings. The zero-order valence-corrected chi connectivity index (χ0v) is 23.6. The van der Waals surface area contributed by atoms with Crippen molar-refractivity contribution in [2.75, 3.05) is 11.4 Å². The van der Waals surface area contributed by atoms with Crippen molar-refractivity contribution in [1.29, 1.82) is 0 Å². The minimum Gasteiger partial charge on any atom is -0.311 e. The number of aryl methyl sites for hydroxylation is 1. The van der Waals surface area contributed by atoms with Crippen molar-refractivity contribution in [2.45, 2.75) is 89.3 Å². The van der Waals surface area contributed by atoms with Crippen LogP contribution in [0, 0.1) is 0 Å². The molecular formula is C31H41N3O2S. The van der Waals surface area contributed by atoms with Gasteiger partial charge in [-0.05, 0) is 37.1 Å². The Morgan fingerprint density at radius 3 is 2.32 bits per heavy atom. The van der Waals surface area contributed by atoms with Crippen molar-refractivity contribution in [2.24, 2.45) is 0 Å². The van der Waals surface area contributed by atoms with Crippen molar-refractivity contribution in [1.82, 2.24) is 9.55 Å². The number of amides is 1. The Hall–Kier alpha value is -2.86. The van der Waals surface area contributed by atoms with Gasteiger partial charge >= 0.3 is 0 Å². The predicted molar refractivity (Wildman–Crippen MR) is 156 cm³/mol. The summed E-state index contributed by atoms with van der Waals surface area (Å²) in [5.74, 6) is 0.548. The minimum absolute atomic E-state index is 0.0115. The smallest absolute Gasteiger partial charge is 0.254 e. The Morgan fingerprint density at radius 2 is 1.68 bits per heavy atom. The molecule has 1 aromatic heterocycles. The van der Waals surface area contributed by atoms with E-state index >= 15 is 0 Å². The van der Waals surface area contributed by atoms with Gasteiger partial charge in [-0.15, -0.1) is 11.8 Å². The van der Waals surface area contributed by atoms with Gasteiger partial charge in [0.1, 0.15) is 12.4 Å². The lowest BCUT2D eigenvalue weighted by Gasteiger charge is -2.24. The second-order valence-electron chi connectivity index (χ2n) is 9.49. The average Bonchev–Trinajstić information content (AvgIpc) is 2.92. The number of unbranched alkanes of at least 4 members (excludes halogenated alkanes) is 4. The van der Waals surface area contributed by atoms with E-state index in [1.54, 1.807) is 0 Å². The molecule has 0 aliphatic carbocycles. The largest absolute Gasteiger partial charge is 0.311 e. The van der Waals surface area contributed by atoms with Gasteiger partial charge in [-0.3, -0.25) is 14.2 Å². The highest BCUT2D eigenvalue weighted by Gasteiger charge is 2.19. The molecule has 37 heavy (non-hydrogen) atoms. The highest BCUT2D eigenvalue weighted by Crippen LogP contribution is 2.27. The molecule has 6 heteroatoms. The zero-order chi connectivity index (χ0) is 26.6. The number of carbonyl (C=O) groups excluding carboxylic acids is 1. The fraction of sp³-hybridized carbons (Fsp3) is 0.452. The van der Waals surface area contributed by atoms with Gasteiger partial charge in [0.15, 0.2) is 0 Å². The van der Waals surface area contributed by atoms with E-state index in [1.807, 2.05) is 66.1 Å². The van der Waals surface area contributed by atoms with Crippen molar-refractivity contribution in [3.05, 3.63) is 76.8 Å². The molecule has 0 bridgehead atoms. The highest BCUT2D eigenvalue weighted by atomic mass is 32.2. The first-order valence-corrected chi connectivity index (χ1v) is 14.6. The lowest BCUT2D eigenvalue weighted by atomic mass is 10.1. The molecule has 0 saturated carbocycles. The molecule has 0 aliphatic heterocycles. The van der Waals surface area contributed by atoms with Crippen LogP contribution < -0.4 is 10.5 Å². The number of benzene rings is 2. The SMILES string of the molecule is CCCCCCCN(C(=O)Cn1c(CC)nc(-c2ccccc2)cc1=O)c1ccc(SC(C)CC)cc1. The summed E-state index contributed by atoms with van der Waals surface area (Å²) in [7, 11) is 0. The first kappa shape index (κ1) is 28.7.